The minimum Gasteiger partial charge on any atom is -0.390 e. The first-order valence-electron chi connectivity index (χ1n) is 8.15. The first-order valence-corrected chi connectivity index (χ1v) is 8.15. The molecule has 0 amide bonds. The van der Waals surface area contributed by atoms with Gasteiger partial charge in [0.05, 0.1) is 30.5 Å². The van der Waals surface area contributed by atoms with Gasteiger partial charge in [-0.25, -0.2) is 0 Å². The quantitative estimate of drug-likeness (QED) is 0.824. The van der Waals surface area contributed by atoms with Gasteiger partial charge in [0.1, 0.15) is 6.10 Å². The summed E-state index contributed by atoms with van der Waals surface area (Å²) in [6.07, 6.45) is 3.31. The van der Waals surface area contributed by atoms with Crippen molar-refractivity contribution < 1.29 is 14.6 Å². The van der Waals surface area contributed by atoms with Crippen LogP contribution in [0.3, 0.4) is 0 Å². The Hall–Kier alpha value is -1.05. The summed E-state index contributed by atoms with van der Waals surface area (Å²) in [5.41, 5.74) is 0.966. The maximum atomic E-state index is 10.9. The fourth-order valence-corrected chi connectivity index (χ4v) is 3.81. The van der Waals surface area contributed by atoms with Gasteiger partial charge in [-0.05, 0) is 38.1 Å². The van der Waals surface area contributed by atoms with Crippen LogP contribution in [0.5, 0.6) is 0 Å². The molecule has 2 N–H and O–H groups in total. The van der Waals surface area contributed by atoms with Gasteiger partial charge in [0.15, 0.2) is 6.29 Å². The van der Waals surface area contributed by atoms with Crippen LogP contribution in [0.4, 0.5) is 0 Å². The molecule has 0 radical (unpaired) electrons. The van der Waals surface area contributed by atoms with Crippen molar-refractivity contribution >= 4 is 0 Å². The van der Waals surface area contributed by atoms with Gasteiger partial charge < -0.3 is 19.9 Å². The molecule has 0 aromatic carbocycles. The van der Waals surface area contributed by atoms with Crippen molar-refractivity contribution in [1.29, 1.82) is 0 Å². The topological polar surface area (TPSA) is 66.8 Å². The standard InChI is InChI=1S/C16H23N3O3/c20-15-13(18-9-11-5-1-2-6-17-11)12-10-21-16(22-12)14(15)19-7-3-4-8-19/h1-2,5-6,12-16,18,20H,3-4,7-10H2/t12-,13-,14-,15+,16-/m1/s1. The van der Waals surface area contributed by atoms with Crippen molar-refractivity contribution in [2.75, 3.05) is 19.7 Å². The molecule has 3 aliphatic heterocycles. The molecule has 4 rings (SSSR count). The van der Waals surface area contributed by atoms with Crippen molar-refractivity contribution in [3.63, 3.8) is 0 Å². The van der Waals surface area contributed by atoms with E-state index in [0.29, 0.717) is 13.2 Å². The van der Waals surface area contributed by atoms with Crippen molar-refractivity contribution in [2.45, 2.75) is 50.0 Å². The molecule has 2 bridgehead atoms. The number of nitrogens with one attached hydrogen (secondary N) is 1. The maximum absolute atomic E-state index is 10.9. The molecular weight excluding hydrogens is 282 g/mol. The van der Waals surface area contributed by atoms with E-state index in [9.17, 15) is 5.11 Å². The van der Waals surface area contributed by atoms with Crippen LogP contribution in [0.15, 0.2) is 24.4 Å². The molecule has 1 aromatic rings. The number of aromatic nitrogens is 1. The SMILES string of the molecule is O[C@H]1[C@H](NCc2ccccn2)[C@H]2CO[C@H](O2)[C@@H]1N1CCCC1. The summed E-state index contributed by atoms with van der Waals surface area (Å²) < 4.78 is 11.8. The molecule has 3 saturated heterocycles. The minimum atomic E-state index is -0.479. The molecule has 6 heteroatoms. The average Bonchev–Trinajstić information content (AvgIpc) is 3.20. The zero-order valence-corrected chi connectivity index (χ0v) is 12.6. The molecule has 5 atom stereocenters. The number of rotatable bonds is 4. The van der Waals surface area contributed by atoms with Gasteiger partial charge in [-0.3, -0.25) is 9.88 Å². The molecule has 3 aliphatic rings. The van der Waals surface area contributed by atoms with Crippen LogP contribution in [-0.4, -0.2) is 65.3 Å². The number of fused-ring (bicyclic) bond motifs is 2. The van der Waals surface area contributed by atoms with E-state index < -0.39 is 6.10 Å². The van der Waals surface area contributed by atoms with Crippen LogP contribution < -0.4 is 5.32 Å². The van der Waals surface area contributed by atoms with Crippen molar-refractivity contribution in [1.82, 2.24) is 15.2 Å². The van der Waals surface area contributed by atoms with Gasteiger partial charge in [0, 0.05) is 12.7 Å². The lowest BCUT2D eigenvalue weighted by molar-refractivity contribution is -0.179. The molecule has 0 spiro atoms. The van der Waals surface area contributed by atoms with Crippen LogP contribution in [-0.2, 0) is 16.0 Å². The highest BCUT2D eigenvalue weighted by Crippen LogP contribution is 2.32. The Morgan fingerprint density at radius 3 is 2.95 bits per heavy atom. The summed E-state index contributed by atoms with van der Waals surface area (Å²) in [5.74, 6) is 0. The number of nitrogens with zero attached hydrogens (tertiary/aromatic N) is 2. The summed E-state index contributed by atoms with van der Waals surface area (Å²) in [5, 5.41) is 14.3. The van der Waals surface area contributed by atoms with Crippen LogP contribution >= 0.6 is 0 Å². The summed E-state index contributed by atoms with van der Waals surface area (Å²) in [4.78, 5) is 6.63. The molecule has 0 unspecified atom stereocenters. The second-order valence-corrected chi connectivity index (χ2v) is 6.33. The Labute approximate surface area is 130 Å². The van der Waals surface area contributed by atoms with Crippen molar-refractivity contribution in [3.8, 4) is 0 Å². The fourth-order valence-electron chi connectivity index (χ4n) is 3.81. The fraction of sp³-hybridized carbons (Fsp3) is 0.688. The van der Waals surface area contributed by atoms with E-state index in [1.807, 2.05) is 18.2 Å². The summed E-state index contributed by atoms with van der Waals surface area (Å²) in [7, 11) is 0. The highest BCUT2D eigenvalue weighted by Gasteiger charge is 2.52. The molecule has 0 saturated carbocycles. The number of likely N-dealkylation sites (tertiary alicyclic amines) is 1. The van der Waals surface area contributed by atoms with E-state index in [1.54, 1.807) is 6.20 Å². The summed E-state index contributed by atoms with van der Waals surface area (Å²) >= 11 is 0. The molecule has 3 fully saturated rings. The van der Waals surface area contributed by atoms with E-state index in [-0.39, 0.29) is 24.5 Å². The van der Waals surface area contributed by atoms with Gasteiger partial charge >= 0.3 is 0 Å². The maximum Gasteiger partial charge on any atom is 0.176 e. The van der Waals surface area contributed by atoms with Gasteiger partial charge in [-0.1, -0.05) is 6.07 Å². The molecule has 0 aliphatic carbocycles. The normalized spacial score (nSPS) is 38.5. The molecule has 22 heavy (non-hydrogen) atoms. The average molecular weight is 305 g/mol. The minimum absolute atomic E-state index is 0.0671. The van der Waals surface area contributed by atoms with Crippen LogP contribution in [0, 0.1) is 0 Å². The Morgan fingerprint density at radius 1 is 1.32 bits per heavy atom. The number of pyridine rings is 1. The van der Waals surface area contributed by atoms with Crippen LogP contribution in [0.25, 0.3) is 0 Å². The summed E-state index contributed by atoms with van der Waals surface area (Å²) in [6, 6.07) is 5.67. The third-order valence-electron chi connectivity index (χ3n) is 4.94. The van der Waals surface area contributed by atoms with Crippen molar-refractivity contribution in [3.05, 3.63) is 30.1 Å². The number of ether oxygens (including phenoxy) is 2. The van der Waals surface area contributed by atoms with Gasteiger partial charge in [-0.2, -0.15) is 0 Å². The lowest BCUT2D eigenvalue weighted by Gasteiger charge is -2.42. The highest BCUT2D eigenvalue weighted by molar-refractivity contribution is 5.06. The van der Waals surface area contributed by atoms with E-state index in [0.717, 1.165) is 18.8 Å². The van der Waals surface area contributed by atoms with Crippen LogP contribution in [0.2, 0.25) is 0 Å². The predicted octanol–water partition coefficient (Wildman–Crippen LogP) is 0.120. The largest absolute Gasteiger partial charge is 0.390 e. The highest BCUT2D eigenvalue weighted by atomic mass is 16.7. The smallest absolute Gasteiger partial charge is 0.176 e. The van der Waals surface area contributed by atoms with Crippen molar-refractivity contribution in [2.24, 2.45) is 0 Å². The number of aliphatic hydroxyl groups is 1. The Morgan fingerprint density at radius 2 is 2.18 bits per heavy atom. The molecule has 120 valence electrons. The Bertz CT molecular complexity index is 493. The number of aliphatic hydroxyl groups excluding tert-OH is 1. The Balaban J connectivity index is 1.46. The van der Waals surface area contributed by atoms with Crippen LogP contribution in [0.1, 0.15) is 18.5 Å². The second kappa shape index (κ2) is 6.22. The van der Waals surface area contributed by atoms with E-state index in [1.165, 1.54) is 12.8 Å². The Kier molecular flexibility index (Phi) is 4.11. The number of hydrogen-bond acceptors (Lipinski definition) is 6. The lowest BCUT2D eigenvalue weighted by Crippen LogP contribution is -2.63. The van der Waals surface area contributed by atoms with E-state index >= 15 is 0 Å². The van der Waals surface area contributed by atoms with Gasteiger partial charge in [0.2, 0.25) is 0 Å². The molecule has 1 aromatic heterocycles. The van der Waals surface area contributed by atoms with E-state index in [4.69, 9.17) is 9.47 Å². The monoisotopic (exact) mass is 305 g/mol. The zero-order chi connectivity index (χ0) is 14.9. The van der Waals surface area contributed by atoms with Gasteiger partial charge in [-0.15, -0.1) is 0 Å². The first kappa shape index (κ1) is 14.5. The molecule has 6 nitrogen and oxygen atoms in total. The second-order valence-electron chi connectivity index (χ2n) is 6.33. The lowest BCUT2D eigenvalue weighted by atomic mass is 9.95. The molecular formula is C16H23N3O3. The van der Waals surface area contributed by atoms with Gasteiger partial charge in [0.25, 0.3) is 0 Å². The van der Waals surface area contributed by atoms with E-state index in [2.05, 4.69) is 15.2 Å². The zero-order valence-electron chi connectivity index (χ0n) is 12.6. The third kappa shape index (κ3) is 2.66. The predicted molar refractivity (Wildman–Crippen MR) is 80.1 cm³/mol. The summed E-state index contributed by atoms with van der Waals surface area (Å²) in [6.45, 7) is 3.21. The third-order valence-corrected chi connectivity index (χ3v) is 4.94. The molecule has 4 heterocycles. The number of hydrogen-bond donors (Lipinski definition) is 2. The first-order chi connectivity index (χ1) is 10.8.